The number of halogens is 1. The van der Waals surface area contributed by atoms with Crippen LogP contribution in [-0.2, 0) is 0 Å². The van der Waals surface area contributed by atoms with Crippen LogP contribution in [0, 0.1) is 5.92 Å². The maximum Gasteiger partial charge on any atom is 0.270 e. The maximum atomic E-state index is 13.1. The highest BCUT2D eigenvalue weighted by Gasteiger charge is 2.34. The van der Waals surface area contributed by atoms with E-state index in [2.05, 4.69) is 69.3 Å². The van der Waals surface area contributed by atoms with Crippen molar-refractivity contribution in [1.82, 2.24) is 14.4 Å². The molecule has 1 atom stereocenters. The number of fused-ring (bicyclic) bond motifs is 3. The van der Waals surface area contributed by atoms with Gasteiger partial charge in [-0.15, -0.1) is 0 Å². The molecule has 2 aromatic rings. The summed E-state index contributed by atoms with van der Waals surface area (Å²) in [4.78, 5) is 17.7. The molecule has 1 aromatic carbocycles. The molecule has 162 valence electrons. The van der Waals surface area contributed by atoms with E-state index in [0.29, 0.717) is 12.0 Å². The Bertz CT molecular complexity index is 957. The molecule has 1 aliphatic carbocycles. The minimum absolute atomic E-state index is 0.177. The molecule has 1 saturated heterocycles. The van der Waals surface area contributed by atoms with Crippen molar-refractivity contribution in [3.05, 3.63) is 28.4 Å². The van der Waals surface area contributed by atoms with Crippen molar-refractivity contribution < 1.29 is 9.53 Å². The van der Waals surface area contributed by atoms with Crippen LogP contribution in [0.15, 0.2) is 22.7 Å². The summed E-state index contributed by atoms with van der Waals surface area (Å²) in [6, 6.07) is 7.20. The number of piperidine rings is 1. The summed E-state index contributed by atoms with van der Waals surface area (Å²) < 4.78 is 9.61. The summed E-state index contributed by atoms with van der Waals surface area (Å²) in [5, 5.41) is 1.09. The van der Waals surface area contributed by atoms with Crippen molar-refractivity contribution in [3.63, 3.8) is 0 Å². The van der Waals surface area contributed by atoms with Crippen LogP contribution in [0.5, 0.6) is 5.75 Å². The van der Waals surface area contributed by atoms with Gasteiger partial charge in [0.25, 0.3) is 5.91 Å². The Morgan fingerprint density at radius 1 is 1.13 bits per heavy atom. The van der Waals surface area contributed by atoms with Gasteiger partial charge in [-0.2, -0.15) is 0 Å². The van der Waals surface area contributed by atoms with Gasteiger partial charge in [0.15, 0.2) is 0 Å². The Labute approximate surface area is 187 Å². The smallest absolute Gasteiger partial charge is 0.270 e. The van der Waals surface area contributed by atoms with Crippen molar-refractivity contribution in [1.29, 1.82) is 0 Å². The third kappa shape index (κ3) is 3.77. The fraction of sp³-hybridized carbons (Fsp3) is 0.625. The molecule has 0 bridgehead atoms. The minimum Gasteiger partial charge on any atom is -0.489 e. The molecule has 1 amide bonds. The lowest BCUT2D eigenvalue weighted by Gasteiger charge is -2.34. The second kappa shape index (κ2) is 7.86. The number of likely N-dealkylation sites (tertiary alicyclic amines) is 1. The third-order valence-corrected chi connectivity index (χ3v) is 7.62. The second-order valence-corrected chi connectivity index (χ2v) is 10.5. The van der Waals surface area contributed by atoms with Crippen LogP contribution in [0.2, 0.25) is 0 Å². The first-order valence-electron chi connectivity index (χ1n) is 11.4. The van der Waals surface area contributed by atoms with Gasteiger partial charge in [0, 0.05) is 43.6 Å². The first kappa shape index (κ1) is 20.4. The number of carbonyl (C=O) groups is 1. The first-order valence-corrected chi connectivity index (χ1v) is 12.2. The Morgan fingerprint density at radius 2 is 1.87 bits per heavy atom. The van der Waals surface area contributed by atoms with Crippen LogP contribution in [0.3, 0.4) is 0 Å². The van der Waals surface area contributed by atoms with Crippen LogP contribution < -0.4 is 4.74 Å². The summed E-state index contributed by atoms with van der Waals surface area (Å²) in [7, 11) is 0. The molecule has 0 radical (unpaired) electrons. The maximum absolute atomic E-state index is 13.1. The third-order valence-electron chi connectivity index (χ3n) is 7.00. The zero-order chi connectivity index (χ0) is 21.0. The highest BCUT2D eigenvalue weighted by Crippen LogP contribution is 2.38. The van der Waals surface area contributed by atoms with E-state index in [1.165, 1.54) is 12.8 Å². The molecule has 3 heterocycles. The Morgan fingerprint density at radius 3 is 2.53 bits per heavy atom. The number of amides is 1. The molecule has 1 aromatic heterocycles. The lowest BCUT2D eigenvalue weighted by molar-refractivity contribution is 0.0670. The number of hydrogen-bond donors (Lipinski definition) is 0. The molecule has 6 heteroatoms. The SMILES string of the molecule is CC(C)N1CCC(Oc2cc3cc4n(c3cc2Br)C(C)CN(CC2CC2)C4=O)CC1. The van der Waals surface area contributed by atoms with Crippen LogP contribution in [-0.4, -0.2) is 58.6 Å². The fourth-order valence-corrected chi connectivity index (χ4v) is 5.49. The number of carbonyl (C=O) groups excluding carboxylic acids is 1. The largest absolute Gasteiger partial charge is 0.489 e. The molecule has 0 spiro atoms. The van der Waals surface area contributed by atoms with Crippen LogP contribution in [0.1, 0.15) is 63.0 Å². The molecule has 1 saturated carbocycles. The predicted octanol–water partition coefficient (Wildman–Crippen LogP) is 5.08. The molecular formula is C24H32BrN3O2. The van der Waals surface area contributed by atoms with Crippen molar-refractivity contribution in [2.24, 2.45) is 5.92 Å². The number of ether oxygens (including phenoxy) is 1. The number of nitrogens with zero attached hydrogens (tertiary/aromatic N) is 3. The fourth-order valence-electron chi connectivity index (χ4n) is 5.06. The average molecular weight is 474 g/mol. The molecule has 0 N–H and O–H groups in total. The molecule has 30 heavy (non-hydrogen) atoms. The summed E-state index contributed by atoms with van der Waals surface area (Å²) in [5.41, 5.74) is 1.93. The van der Waals surface area contributed by atoms with E-state index in [4.69, 9.17) is 4.74 Å². The average Bonchev–Trinajstić information content (AvgIpc) is 3.45. The molecule has 5 nitrogen and oxygen atoms in total. The first-order chi connectivity index (χ1) is 14.4. The van der Waals surface area contributed by atoms with Gasteiger partial charge in [0.1, 0.15) is 17.5 Å². The van der Waals surface area contributed by atoms with Gasteiger partial charge in [-0.1, -0.05) is 0 Å². The molecule has 5 rings (SSSR count). The van der Waals surface area contributed by atoms with E-state index < -0.39 is 0 Å². The highest BCUT2D eigenvalue weighted by atomic mass is 79.9. The van der Waals surface area contributed by atoms with Gasteiger partial charge < -0.3 is 19.1 Å². The van der Waals surface area contributed by atoms with Gasteiger partial charge in [0.2, 0.25) is 0 Å². The highest BCUT2D eigenvalue weighted by molar-refractivity contribution is 9.10. The monoisotopic (exact) mass is 473 g/mol. The van der Waals surface area contributed by atoms with Gasteiger partial charge >= 0.3 is 0 Å². The van der Waals surface area contributed by atoms with Gasteiger partial charge in [-0.3, -0.25) is 4.79 Å². The predicted molar refractivity (Wildman–Crippen MR) is 123 cm³/mol. The Hall–Kier alpha value is -1.53. The van der Waals surface area contributed by atoms with E-state index in [0.717, 1.165) is 65.8 Å². The normalized spacial score (nSPS) is 23.4. The van der Waals surface area contributed by atoms with Gasteiger partial charge in [0.05, 0.1) is 9.99 Å². The summed E-state index contributed by atoms with van der Waals surface area (Å²) >= 11 is 3.74. The lowest BCUT2D eigenvalue weighted by atomic mass is 10.1. The number of rotatable bonds is 5. The second-order valence-electron chi connectivity index (χ2n) is 9.69. The van der Waals surface area contributed by atoms with Crippen LogP contribution >= 0.6 is 15.9 Å². The topological polar surface area (TPSA) is 37.7 Å². The van der Waals surface area contributed by atoms with Crippen molar-refractivity contribution in [3.8, 4) is 5.75 Å². The summed E-state index contributed by atoms with van der Waals surface area (Å²) in [5.74, 6) is 1.78. The van der Waals surface area contributed by atoms with Crippen LogP contribution in [0.25, 0.3) is 10.9 Å². The minimum atomic E-state index is 0.177. The standard InChI is InChI=1S/C24H32BrN3O2/c1-15(2)26-8-6-19(7-9-26)30-23-11-18-10-22-24(29)27(14-17-4-5-17)13-16(3)28(22)21(18)12-20(23)25/h10-12,15-17,19H,4-9,13-14H2,1-3H3. The van der Waals surface area contributed by atoms with Crippen molar-refractivity contribution in [2.45, 2.75) is 64.6 Å². The van der Waals surface area contributed by atoms with E-state index in [-0.39, 0.29) is 18.1 Å². The van der Waals surface area contributed by atoms with E-state index in [1.807, 2.05) is 0 Å². The van der Waals surface area contributed by atoms with Crippen LogP contribution in [0.4, 0.5) is 0 Å². The van der Waals surface area contributed by atoms with Gasteiger partial charge in [-0.25, -0.2) is 0 Å². The molecule has 2 fully saturated rings. The molecular weight excluding hydrogens is 442 g/mol. The van der Waals surface area contributed by atoms with E-state index in [9.17, 15) is 4.79 Å². The van der Waals surface area contributed by atoms with Gasteiger partial charge in [-0.05, 0) is 86.5 Å². The number of benzene rings is 1. The summed E-state index contributed by atoms with van der Waals surface area (Å²) in [6.07, 6.45) is 4.90. The molecule has 3 aliphatic rings. The Kier molecular flexibility index (Phi) is 5.34. The van der Waals surface area contributed by atoms with Crippen molar-refractivity contribution >= 4 is 32.7 Å². The molecule has 2 aliphatic heterocycles. The van der Waals surface area contributed by atoms with E-state index in [1.54, 1.807) is 0 Å². The van der Waals surface area contributed by atoms with E-state index >= 15 is 0 Å². The molecule has 1 unspecified atom stereocenters. The Balaban J connectivity index is 1.39. The zero-order valence-electron chi connectivity index (χ0n) is 18.2. The summed E-state index contributed by atoms with van der Waals surface area (Å²) in [6.45, 7) is 10.6. The number of hydrogen-bond acceptors (Lipinski definition) is 3. The number of aromatic nitrogens is 1. The quantitative estimate of drug-likeness (QED) is 0.607. The van der Waals surface area contributed by atoms with Crippen molar-refractivity contribution in [2.75, 3.05) is 26.2 Å². The zero-order valence-corrected chi connectivity index (χ0v) is 19.8. The lowest BCUT2D eigenvalue weighted by Crippen LogP contribution is -2.42.